The summed E-state index contributed by atoms with van der Waals surface area (Å²) in [6, 6.07) is 10.5. The standard InChI is InChI=1S/C23H29NO4S/c1-7-20(18(5)25)21(14-19-11-9-8-10-12-19)24-29(26,27)23-15(2)13-22(28-6)16(3)17(23)4/h1,8-13,18,20-21,24-25H,14H2,2-6H3/t18-,20+,21+/m1/s1. The number of ether oxygens (including phenoxy) is 1. The lowest BCUT2D eigenvalue weighted by Gasteiger charge is -2.27. The van der Waals surface area contributed by atoms with Gasteiger partial charge in [0.15, 0.2) is 0 Å². The second-order valence-electron chi connectivity index (χ2n) is 7.33. The van der Waals surface area contributed by atoms with E-state index in [1.165, 1.54) is 0 Å². The first-order chi connectivity index (χ1) is 13.6. The van der Waals surface area contributed by atoms with E-state index in [4.69, 9.17) is 11.2 Å². The number of aliphatic hydroxyl groups excluding tert-OH is 1. The quantitative estimate of drug-likeness (QED) is 0.650. The van der Waals surface area contributed by atoms with Crippen molar-refractivity contribution in [2.45, 2.75) is 51.2 Å². The Labute approximate surface area is 174 Å². The third-order valence-corrected chi connectivity index (χ3v) is 7.00. The molecule has 3 atom stereocenters. The zero-order chi connectivity index (χ0) is 21.8. The summed E-state index contributed by atoms with van der Waals surface area (Å²) in [6.07, 6.45) is 5.15. The van der Waals surface area contributed by atoms with Crippen LogP contribution in [-0.2, 0) is 16.4 Å². The second-order valence-corrected chi connectivity index (χ2v) is 8.98. The van der Waals surface area contributed by atoms with Gasteiger partial charge in [-0.2, -0.15) is 0 Å². The first kappa shape index (κ1) is 23.0. The predicted molar refractivity (Wildman–Crippen MR) is 115 cm³/mol. The van der Waals surface area contributed by atoms with Crippen LogP contribution in [0.4, 0.5) is 0 Å². The Balaban J connectivity index is 2.49. The van der Waals surface area contributed by atoms with E-state index in [-0.39, 0.29) is 4.90 Å². The lowest BCUT2D eigenvalue weighted by molar-refractivity contribution is 0.136. The van der Waals surface area contributed by atoms with Crippen LogP contribution >= 0.6 is 0 Å². The molecule has 2 aromatic rings. The highest BCUT2D eigenvalue weighted by Gasteiger charge is 2.31. The molecule has 2 aromatic carbocycles. The van der Waals surface area contributed by atoms with E-state index < -0.39 is 28.1 Å². The molecule has 5 nitrogen and oxygen atoms in total. The van der Waals surface area contributed by atoms with Gasteiger partial charge in [-0.25, -0.2) is 13.1 Å². The molecule has 0 aliphatic carbocycles. The van der Waals surface area contributed by atoms with Crippen molar-refractivity contribution in [1.29, 1.82) is 0 Å². The van der Waals surface area contributed by atoms with E-state index in [9.17, 15) is 13.5 Å². The van der Waals surface area contributed by atoms with Crippen molar-refractivity contribution in [2.24, 2.45) is 5.92 Å². The van der Waals surface area contributed by atoms with E-state index in [1.807, 2.05) is 37.3 Å². The maximum absolute atomic E-state index is 13.4. The normalized spacial score (nSPS) is 14.7. The second kappa shape index (κ2) is 9.45. The van der Waals surface area contributed by atoms with Crippen LogP contribution in [0.2, 0.25) is 0 Å². The first-order valence-corrected chi connectivity index (χ1v) is 11.0. The number of hydrogen-bond acceptors (Lipinski definition) is 4. The van der Waals surface area contributed by atoms with Crippen LogP contribution in [0, 0.1) is 39.0 Å². The predicted octanol–water partition coefficient (Wildman–Crippen LogP) is 3.14. The Morgan fingerprint density at radius 2 is 1.79 bits per heavy atom. The number of terminal acetylenes is 1. The molecule has 0 spiro atoms. The highest BCUT2D eigenvalue weighted by atomic mass is 32.2. The molecular formula is C23H29NO4S. The van der Waals surface area contributed by atoms with Gasteiger partial charge in [-0.05, 0) is 62.4 Å². The average molecular weight is 416 g/mol. The largest absolute Gasteiger partial charge is 0.496 e. The maximum Gasteiger partial charge on any atom is 0.241 e. The molecule has 0 aliphatic rings. The minimum atomic E-state index is -3.89. The van der Waals surface area contributed by atoms with Crippen LogP contribution in [0.1, 0.15) is 29.2 Å². The zero-order valence-electron chi connectivity index (χ0n) is 17.6. The van der Waals surface area contributed by atoms with Gasteiger partial charge in [-0.1, -0.05) is 36.3 Å². The molecule has 2 rings (SSSR count). The van der Waals surface area contributed by atoms with Crippen molar-refractivity contribution < 1.29 is 18.3 Å². The summed E-state index contributed by atoms with van der Waals surface area (Å²) in [7, 11) is -2.33. The summed E-state index contributed by atoms with van der Waals surface area (Å²) in [5, 5.41) is 10.2. The van der Waals surface area contributed by atoms with E-state index in [2.05, 4.69) is 10.6 Å². The third-order valence-electron chi connectivity index (χ3n) is 5.22. The van der Waals surface area contributed by atoms with Gasteiger partial charge in [0.1, 0.15) is 5.75 Å². The fourth-order valence-corrected chi connectivity index (χ4v) is 5.39. The summed E-state index contributed by atoms with van der Waals surface area (Å²) < 4.78 is 34.8. The molecule has 156 valence electrons. The summed E-state index contributed by atoms with van der Waals surface area (Å²) in [5.41, 5.74) is 2.91. The molecule has 0 unspecified atom stereocenters. The summed E-state index contributed by atoms with van der Waals surface area (Å²) in [6.45, 7) is 6.90. The molecule has 0 radical (unpaired) electrons. The topological polar surface area (TPSA) is 75.6 Å². The first-order valence-electron chi connectivity index (χ1n) is 9.47. The fourth-order valence-electron chi connectivity index (χ4n) is 3.61. The van der Waals surface area contributed by atoms with E-state index in [1.54, 1.807) is 33.9 Å². The number of nitrogens with one attached hydrogen (secondary N) is 1. The third kappa shape index (κ3) is 5.18. The van der Waals surface area contributed by atoms with Gasteiger partial charge in [0, 0.05) is 6.04 Å². The number of hydrogen-bond donors (Lipinski definition) is 2. The number of aliphatic hydroxyl groups is 1. The lowest BCUT2D eigenvalue weighted by atomic mass is 9.91. The molecule has 0 amide bonds. The molecule has 0 aliphatic heterocycles. The molecule has 6 heteroatoms. The lowest BCUT2D eigenvalue weighted by Crippen LogP contribution is -2.45. The minimum absolute atomic E-state index is 0.218. The Morgan fingerprint density at radius 3 is 2.31 bits per heavy atom. The Hall–Kier alpha value is -2.33. The Kier molecular flexibility index (Phi) is 7.48. The van der Waals surface area contributed by atoms with Crippen LogP contribution < -0.4 is 9.46 Å². The molecule has 0 bridgehead atoms. The van der Waals surface area contributed by atoms with Crippen molar-refractivity contribution in [3.63, 3.8) is 0 Å². The fraction of sp³-hybridized carbons (Fsp3) is 0.391. The van der Waals surface area contributed by atoms with Gasteiger partial charge in [0.25, 0.3) is 0 Å². The van der Waals surface area contributed by atoms with Crippen molar-refractivity contribution in [1.82, 2.24) is 4.72 Å². The molecule has 0 saturated heterocycles. The highest BCUT2D eigenvalue weighted by molar-refractivity contribution is 7.89. The van der Waals surface area contributed by atoms with Crippen LogP contribution in [0.25, 0.3) is 0 Å². The Bertz CT molecular complexity index is 992. The van der Waals surface area contributed by atoms with Crippen molar-refractivity contribution in [2.75, 3.05) is 7.11 Å². The molecular weight excluding hydrogens is 386 g/mol. The van der Waals surface area contributed by atoms with E-state index in [0.717, 1.165) is 11.1 Å². The van der Waals surface area contributed by atoms with Gasteiger partial charge in [-0.15, -0.1) is 6.42 Å². The number of sulfonamides is 1. The molecule has 0 aromatic heterocycles. The monoisotopic (exact) mass is 415 g/mol. The van der Waals surface area contributed by atoms with Crippen LogP contribution in [0.3, 0.4) is 0 Å². The number of aryl methyl sites for hydroxylation is 1. The van der Waals surface area contributed by atoms with Gasteiger partial charge in [0.05, 0.1) is 24.0 Å². The summed E-state index contributed by atoms with van der Waals surface area (Å²) in [5.74, 6) is 2.53. The number of rotatable bonds is 8. The van der Waals surface area contributed by atoms with Gasteiger partial charge >= 0.3 is 0 Å². The average Bonchev–Trinajstić information content (AvgIpc) is 2.65. The van der Waals surface area contributed by atoms with Crippen LogP contribution in [-0.4, -0.2) is 32.8 Å². The molecule has 0 fully saturated rings. The van der Waals surface area contributed by atoms with Crippen molar-refractivity contribution in [3.05, 3.63) is 58.7 Å². The molecule has 2 N–H and O–H groups in total. The zero-order valence-corrected chi connectivity index (χ0v) is 18.4. The van der Waals surface area contributed by atoms with Gasteiger partial charge < -0.3 is 9.84 Å². The number of methoxy groups -OCH3 is 1. The van der Waals surface area contributed by atoms with Gasteiger partial charge in [-0.3, -0.25) is 0 Å². The Morgan fingerprint density at radius 1 is 1.17 bits per heavy atom. The van der Waals surface area contributed by atoms with Gasteiger partial charge in [0.2, 0.25) is 10.0 Å². The maximum atomic E-state index is 13.4. The minimum Gasteiger partial charge on any atom is -0.496 e. The number of benzene rings is 2. The SMILES string of the molecule is C#C[C@H]([C@H](Cc1ccccc1)NS(=O)(=O)c1c(C)cc(OC)c(C)c1C)[C@@H](C)O. The van der Waals surface area contributed by atoms with Crippen molar-refractivity contribution in [3.8, 4) is 18.1 Å². The van der Waals surface area contributed by atoms with Crippen LogP contribution in [0.5, 0.6) is 5.75 Å². The highest BCUT2D eigenvalue weighted by Crippen LogP contribution is 2.31. The molecule has 29 heavy (non-hydrogen) atoms. The van der Waals surface area contributed by atoms with E-state index in [0.29, 0.717) is 23.3 Å². The summed E-state index contributed by atoms with van der Waals surface area (Å²) in [4.78, 5) is 0.218. The van der Waals surface area contributed by atoms with Crippen molar-refractivity contribution >= 4 is 10.0 Å². The molecule has 0 saturated carbocycles. The van der Waals surface area contributed by atoms with Crippen LogP contribution in [0.15, 0.2) is 41.3 Å². The van der Waals surface area contributed by atoms with E-state index >= 15 is 0 Å². The molecule has 0 heterocycles. The summed E-state index contributed by atoms with van der Waals surface area (Å²) >= 11 is 0. The smallest absolute Gasteiger partial charge is 0.241 e.